The lowest BCUT2D eigenvalue weighted by Gasteiger charge is -2.34. The van der Waals surface area contributed by atoms with Crippen LogP contribution in [0.25, 0.3) is 0 Å². The van der Waals surface area contributed by atoms with Crippen molar-refractivity contribution in [3.63, 3.8) is 0 Å². The highest BCUT2D eigenvalue weighted by molar-refractivity contribution is 6.29. The fourth-order valence-electron chi connectivity index (χ4n) is 3.40. The molecule has 1 amide bonds. The molecule has 2 fully saturated rings. The summed E-state index contributed by atoms with van der Waals surface area (Å²) in [5, 5.41) is 0.526. The summed E-state index contributed by atoms with van der Waals surface area (Å²) in [6, 6.07) is 4.07. The molecule has 0 saturated carbocycles. The summed E-state index contributed by atoms with van der Waals surface area (Å²) in [6.07, 6.45) is 1.51. The van der Waals surface area contributed by atoms with Crippen LogP contribution in [0.1, 0.15) is 45.2 Å². The number of aromatic nitrogens is 1. The number of ether oxygens (including phenoxy) is 2. The first-order valence-electron chi connectivity index (χ1n) is 9.30. The van der Waals surface area contributed by atoms with Gasteiger partial charge in [0, 0.05) is 43.5 Å². The van der Waals surface area contributed by atoms with Gasteiger partial charge in [0.2, 0.25) is 0 Å². The van der Waals surface area contributed by atoms with Crippen LogP contribution in [0, 0.1) is 0 Å². The highest BCUT2D eigenvalue weighted by Crippen LogP contribution is 2.31. The molecule has 144 valence electrons. The highest BCUT2D eigenvalue weighted by Gasteiger charge is 2.28. The van der Waals surface area contributed by atoms with Crippen LogP contribution in [0.5, 0.6) is 0 Å². The van der Waals surface area contributed by atoms with Crippen molar-refractivity contribution in [2.24, 2.45) is 0 Å². The number of hydrogen-bond donors (Lipinski definition) is 0. The monoisotopic (exact) mass is 381 g/mol. The number of morpholine rings is 1. The summed E-state index contributed by atoms with van der Waals surface area (Å²) in [5.41, 5.74) is 1.66. The largest absolute Gasteiger partial charge is 0.444 e. The second-order valence-electron chi connectivity index (χ2n) is 7.91. The second-order valence-corrected chi connectivity index (χ2v) is 8.30. The number of likely N-dealkylation sites (tertiary alicyclic amines) is 1. The number of amides is 1. The van der Waals surface area contributed by atoms with Gasteiger partial charge in [-0.05, 0) is 45.7 Å². The first-order valence-corrected chi connectivity index (χ1v) is 9.68. The van der Waals surface area contributed by atoms with Crippen LogP contribution in [0.4, 0.5) is 10.5 Å². The van der Waals surface area contributed by atoms with E-state index in [1.807, 2.05) is 26.8 Å². The minimum absolute atomic E-state index is 0.232. The Hall–Kier alpha value is -1.53. The van der Waals surface area contributed by atoms with Crippen molar-refractivity contribution in [3.05, 3.63) is 23.0 Å². The molecule has 0 spiro atoms. The Bertz CT molecular complexity index is 633. The van der Waals surface area contributed by atoms with Gasteiger partial charge in [-0.25, -0.2) is 9.78 Å². The summed E-state index contributed by atoms with van der Waals surface area (Å²) in [7, 11) is 0. The Morgan fingerprint density at radius 3 is 2.46 bits per heavy atom. The molecule has 6 nitrogen and oxygen atoms in total. The minimum Gasteiger partial charge on any atom is -0.444 e. The number of halogens is 1. The van der Waals surface area contributed by atoms with Gasteiger partial charge in [0.15, 0.2) is 0 Å². The molecule has 2 aliphatic heterocycles. The Kier molecular flexibility index (Phi) is 5.92. The number of carbonyl (C=O) groups is 1. The lowest BCUT2D eigenvalue weighted by Crippen LogP contribution is -2.41. The summed E-state index contributed by atoms with van der Waals surface area (Å²) >= 11 is 6.29. The van der Waals surface area contributed by atoms with E-state index in [0.29, 0.717) is 24.2 Å². The molecule has 1 aromatic heterocycles. The lowest BCUT2D eigenvalue weighted by atomic mass is 9.93. The molecule has 0 N–H and O–H groups in total. The van der Waals surface area contributed by atoms with Crippen molar-refractivity contribution in [3.8, 4) is 0 Å². The third kappa shape index (κ3) is 5.01. The van der Waals surface area contributed by atoms with E-state index >= 15 is 0 Å². The van der Waals surface area contributed by atoms with Gasteiger partial charge in [-0.3, -0.25) is 0 Å². The van der Waals surface area contributed by atoms with E-state index < -0.39 is 5.60 Å². The molecule has 0 bridgehead atoms. The summed E-state index contributed by atoms with van der Waals surface area (Å²) in [6.45, 7) is 10.3. The molecule has 3 heterocycles. The van der Waals surface area contributed by atoms with Crippen LogP contribution in [0.2, 0.25) is 5.15 Å². The van der Waals surface area contributed by atoms with Crippen molar-refractivity contribution < 1.29 is 14.3 Å². The first-order chi connectivity index (χ1) is 12.3. The van der Waals surface area contributed by atoms with Gasteiger partial charge in [0.25, 0.3) is 0 Å². The Balaban J connectivity index is 1.64. The predicted molar refractivity (Wildman–Crippen MR) is 102 cm³/mol. The van der Waals surface area contributed by atoms with Gasteiger partial charge in [-0.15, -0.1) is 0 Å². The molecule has 1 aromatic rings. The number of carbonyl (C=O) groups excluding carboxylic acids is 1. The van der Waals surface area contributed by atoms with Crippen LogP contribution < -0.4 is 4.90 Å². The minimum atomic E-state index is -0.463. The smallest absolute Gasteiger partial charge is 0.410 e. The molecule has 2 saturated heterocycles. The summed E-state index contributed by atoms with van der Waals surface area (Å²) in [4.78, 5) is 20.8. The van der Waals surface area contributed by atoms with Crippen molar-refractivity contribution >= 4 is 23.4 Å². The molecular formula is C19H28ClN3O3. The Morgan fingerprint density at radius 1 is 1.19 bits per heavy atom. The Labute approximate surface area is 160 Å². The molecule has 0 aliphatic carbocycles. The first kappa shape index (κ1) is 19.2. The van der Waals surface area contributed by atoms with Gasteiger partial charge in [0.05, 0.1) is 13.2 Å². The zero-order valence-corrected chi connectivity index (χ0v) is 16.6. The van der Waals surface area contributed by atoms with Crippen LogP contribution in [-0.4, -0.2) is 61.0 Å². The number of anilines is 1. The zero-order chi connectivity index (χ0) is 18.7. The molecule has 0 unspecified atom stereocenters. The number of nitrogens with zero attached hydrogens (tertiary/aromatic N) is 3. The van der Waals surface area contributed by atoms with Crippen molar-refractivity contribution in [2.75, 3.05) is 44.3 Å². The summed E-state index contributed by atoms with van der Waals surface area (Å²) in [5.74, 6) is 0.312. The van der Waals surface area contributed by atoms with E-state index in [-0.39, 0.29) is 6.09 Å². The van der Waals surface area contributed by atoms with Crippen LogP contribution in [0.15, 0.2) is 12.1 Å². The molecule has 0 aromatic carbocycles. The van der Waals surface area contributed by atoms with Crippen molar-refractivity contribution in [1.82, 2.24) is 9.88 Å². The molecule has 3 rings (SSSR count). The van der Waals surface area contributed by atoms with Gasteiger partial charge < -0.3 is 19.3 Å². The molecule has 26 heavy (non-hydrogen) atoms. The lowest BCUT2D eigenvalue weighted by molar-refractivity contribution is 0.0204. The van der Waals surface area contributed by atoms with Crippen LogP contribution in [0.3, 0.4) is 0 Å². The van der Waals surface area contributed by atoms with Crippen LogP contribution in [-0.2, 0) is 9.47 Å². The van der Waals surface area contributed by atoms with Gasteiger partial charge in [0.1, 0.15) is 10.8 Å². The SMILES string of the molecule is CC(C)(C)OC(=O)N1CCC(c2cc(N3CCOCC3)cc(Cl)n2)CC1. The van der Waals surface area contributed by atoms with Gasteiger partial charge in [-0.1, -0.05) is 11.6 Å². The van der Waals surface area contributed by atoms with E-state index in [9.17, 15) is 4.79 Å². The number of rotatable bonds is 2. The maximum absolute atomic E-state index is 12.2. The predicted octanol–water partition coefficient (Wildman–Crippen LogP) is 3.69. The van der Waals surface area contributed by atoms with Gasteiger partial charge in [-0.2, -0.15) is 0 Å². The van der Waals surface area contributed by atoms with Crippen molar-refractivity contribution in [2.45, 2.75) is 45.1 Å². The third-order valence-electron chi connectivity index (χ3n) is 4.74. The average molecular weight is 382 g/mol. The normalized spacial score (nSPS) is 19.5. The second kappa shape index (κ2) is 8.01. The van der Waals surface area contributed by atoms with E-state index in [4.69, 9.17) is 21.1 Å². The standard InChI is InChI=1S/C19H28ClN3O3/c1-19(2,3)26-18(24)23-6-4-14(5-7-23)16-12-15(13-17(20)21-16)22-8-10-25-11-9-22/h12-14H,4-11H2,1-3H3. The van der Waals surface area contributed by atoms with E-state index in [2.05, 4.69) is 16.0 Å². The fraction of sp³-hybridized carbons (Fsp3) is 0.684. The fourth-order valence-corrected chi connectivity index (χ4v) is 3.61. The Morgan fingerprint density at radius 2 is 1.85 bits per heavy atom. The number of hydrogen-bond acceptors (Lipinski definition) is 5. The van der Waals surface area contributed by atoms with Crippen LogP contribution >= 0.6 is 11.6 Å². The quantitative estimate of drug-likeness (QED) is 0.731. The molecule has 0 radical (unpaired) electrons. The maximum Gasteiger partial charge on any atom is 0.410 e. The zero-order valence-electron chi connectivity index (χ0n) is 15.8. The highest BCUT2D eigenvalue weighted by atomic mass is 35.5. The maximum atomic E-state index is 12.2. The number of piperidine rings is 1. The average Bonchev–Trinajstić information content (AvgIpc) is 2.61. The van der Waals surface area contributed by atoms with Crippen molar-refractivity contribution in [1.29, 1.82) is 0 Å². The van der Waals surface area contributed by atoms with E-state index in [0.717, 1.165) is 50.5 Å². The summed E-state index contributed by atoms with van der Waals surface area (Å²) < 4.78 is 10.9. The molecule has 7 heteroatoms. The molecule has 2 aliphatic rings. The van der Waals surface area contributed by atoms with E-state index in [1.54, 1.807) is 4.90 Å². The topological polar surface area (TPSA) is 54.9 Å². The molecule has 0 atom stereocenters. The van der Waals surface area contributed by atoms with Gasteiger partial charge >= 0.3 is 6.09 Å². The number of pyridine rings is 1. The van der Waals surface area contributed by atoms with E-state index in [1.165, 1.54) is 0 Å². The molecular weight excluding hydrogens is 354 g/mol. The third-order valence-corrected chi connectivity index (χ3v) is 4.93.